The molecule has 0 spiro atoms. The summed E-state index contributed by atoms with van der Waals surface area (Å²) in [5.74, 6) is 1.52. The highest BCUT2D eigenvalue weighted by Crippen LogP contribution is 2.51. The standard InChI is InChI=1S/C24H41N5O4Si2/c1-13(2)34(14(3)4)30-11-18-21(32-35(33-34,15(5)6)16(7)8)17-9-10-19-28-20-22(25)26-12-27-23(20)29(19)24(17)31-18/h12-18,21,24H,9-11H2,1-8H3,(H2,25,26,27)/t17-,18+,21-,24+/m0/s1. The van der Waals surface area contributed by atoms with Crippen molar-refractivity contribution >= 4 is 34.1 Å². The molecule has 5 rings (SSSR count). The van der Waals surface area contributed by atoms with Crippen molar-refractivity contribution in [3.63, 3.8) is 0 Å². The van der Waals surface area contributed by atoms with Crippen molar-refractivity contribution in [2.45, 2.75) is 109 Å². The van der Waals surface area contributed by atoms with Crippen molar-refractivity contribution in [3.05, 3.63) is 12.2 Å². The molecule has 2 saturated heterocycles. The monoisotopic (exact) mass is 519 g/mol. The van der Waals surface area contributed by atoms with Crippen LogP contribution in [0.3, 0.4) is 0 Å². The van der Waals surface area contributed by atoms with Gasteiger partial charge in [-0.3, -0.25) is 4.57 Å². The first kappa shape index (κ1) is 25.3. The van der Waals surface area contributed by atoms with Gasteiger partial charge < -0.3 is 23.4 Å². The number of nitrogens with zero attached hydrogens (tertiary/aromatic N) is 4. The number of anilines is 1. The molecule has 11 heteroatoms. The lowest BCUT2D eigenvalue weighted by atomic mass is 9.92. The van der Waals surface area contributed by atoms with Crippen molar-refractivity contribution in [1.82, 2.24) is 19.5 Å². The van der Waals surface area contributed by atoms with E-state index in [0.717, 1.165) is 24.3 Å². The Morgan fingerprint density at radius 1 is 0.971 bits per heavy atom. The number of aryl methyl sites for hydroxylation is 1. The summed E-state index contributed by atoms with van der Waals surface area (Å²) in [6.07, 6.45) is 2.79. The van der Waals surface area contributed by atoms with Crippen LogP contribution in [0.2, 0.25) is 22.2 Å². The van der Waals surface area contributed by atoms with Gasteiger partial charge in [0.25, 0.3) is 0 Å². The number of rotatable bonds is 4. The van der Waals surface area contributed by atoms with Crippen molar-refractivity contribution in [3.8, 4) is 0 Å². The van der Waals surface area contributed by atoms with Crippen LogP contribution in [0.5, 0.6) is 0 Å². The summed E-state index contributed by atoms with van der Waals surface area (Å²) in [4.78, 5) is 13.4. The molecule has 0 bridgehead atoms. The lowest BCUT2D eigenvalue weighted by Crippen LogP contribution is -2.65. The van der Waals surface area contributed by atoms with Gasteiger partial charge in [0.15, 0.2) is 17.0 Å². The molecular formula is C24H41N5O4Si2. The number of ether oxygens (including phenoxy) is 1. The predicted molar refractivity (Wildman–Crippen MR) is 139 cm³/mol. The van der Waals surface area contributed by atoms with Gasteiger partial charge in [-0.15, -0.1) is 0 Å². The van der Waals surface area contributed by atoms with E-state index in [2.05, 4.69) is 69.9 Å². The maximum absolute atomic E-state index is 7.36. The Bertz CT molecular complexity index is 1080. The van der Waals surface area contributed by atoms with Crippen LogP contribution in [0.4, 0.5) is 5.82 Å². The largest absolute Gasteiger partial charge is 0.414 e. The molecule has 0 aromatic carbocycles. The molecule has 2 N–H and O–H groups in total. The highest BCUT2D eigenvalue weighted by molar-refractivity contribution is 6.83. The molecule has 3 aliphatic rings. The number of nitrogen functional groups attached to an aromatic ring is 1. The Balaban J connectivity index is 1.59. The van der Waals surface area contributed by atoms with E-state index in [-0.39, 0.29) is 35.4 Å². The van der Waals surface area contributed by atoms with Crippen molar-refractivity contribution in [2.75, 3.05) is 12.3 Å². The number of fused-ring (bicyclic) bond motifs is 7. The normalized spacial score (nSPS) is 29.9. The minimum atomic E-state index is -2.69. The first-order valence-electron chi connectivity index (χ1n) is 13.2. The molecule has 0 saturated carbocycles. The van der Waals surface area contributed by atoms with Gasteiger partial charge >= 0.3 is 17.1 Å². The zero-order chi connectivity index (χ0) is 25.3. The van der Waals surface area contributed by atoms with E-state index < -0.39 is 17.1 Å². The molecule has 0 amide bonds. The lowest BCUT2D eigenvalue weighted by Gasteiger charge is -2.51. The zero-order valence-corrected chi connectivity index (χ0v) is 24.3. The Morgan fingerprint density at radius 3 is 2.26 bits per heavy atom. The summed E-state index contributed by atoms with van der Waals surface area (Å²) < 4.78 is 30.5. The molecular weight excluding hydrogens is 478 g/mol. The summed E-state index contributed by atoms with van der Waals surface area (Å²) in [5.41, 5.74) is 8.70. The molecule has 35 heavy (non-hydrogen) atoms. The van der Waals surface area contributed by atoms with E-state index >= 15 is 0 Å². The fraction of sp³-hybridized carbons (Fsp3) is 0.792. The molecule has 3 aliphatic heterocycles. The van der Waals surface area contributed by atoms with Crippen LogP contribution in [-0.2, 0) is 24.1 Å². The van der Waals surface area contributed by atoms with Crippen LogP contribution in [-0.4, -0.2) is 55.5 Å². The van der Waals surface area contributed by atoms with Crippen molar-refractivity contribution < 1.29 is 17.7 Å². The molecule has 9 nitrogen and oxygen atoms in total. The Hall–Kier alpha value is -1.38. The molecule has 194 valence electrons. The molecule has 2 aromatic rings. The highest BCUT2D eigenvalue weighted by Gasteiger charge is 2.62. The van der Waals surface area contributed by atoms with Crippen LogP contribution < -0.4 is 5.73 Å². The molecule has 2 fully saturated rings. The van der Waals surface area contributed by atoms with E-state index in [9.17, 15) is 0 Å². The maximum Gasteiger partial charge on any atom is 0.335 e. The highest BCUT2D eigenvalue weighted by atomic mass is 28.5. The van der Waals surface area contributed by atoms with E-state index in [1.165, 1.54) is 6.33 Å². The van der Waals surface area contributed by atoms with E-state index in [1.807, 2.05) is 0 Å². The van der Waals surface area contributed by atoms with Gasteiger partial charge in [-0.2, -0.15) is 0 Å². The minimum absolute atomic E-state index is 0.0902. The van der Waals surface area contributed by atoms with Crippen LogP contribution in [0.25, 0.3) is 11.2 Å². The first-order chi connectivity index (χ1) is 16.5. The summed E-state index contributed by atoms with van der Waals surface area (Å²) >= 11 is 0. The summed E-state index contributed by atoms with van der Waals surface area (Å²) in [5, 5.41) is 0. The van der Waals surface area contributed by atoms with Gasteiger partial charge in [0.2, 0.25) is 0 Å². The van der Waals surface area contributed by atoms with Gasteiger partial charge in [-0.25, -0.2) is 15.0 Å². The predicted octanol–water partition coefficient (Wildman–Crippen LogP) is 4.82. The quantitative estimate of drug-likeness (QED) is 0.573. The van der Waals surface area contributed by atoms with Crippen LogP contribution in [0, 0.1) is 5.92 Å². The topological polar surface area (TPSA) is 107 Å². The van der Waals surface area contributed by atoms with E-state index in [0.29, 0.717) is 29.0 Å². The minimum Gasteiger partial charge on any atom is -0.414 e. The molecule has 0 radical (unpaired) electrons. The number of aromatic nitrogens is 4. The molecule has 0 unspecified atom stereocenters. The van der Waals surface area contributed by atoms with E-state index in [4.69, 9.17) is 28.4 Å². The maximum atomic E-state index is 7.36. The van der Waals surface area contributed by atoms with Crippen molar-refractivity contribution in [2.24, 2.45) is 5.92 Å². The fourth-order valence-corrected chi connectivity index (χ4v) is 17.7. The molecule has 4 atom stereocenters. The average molecular weight is 520 g/mol. The SMILES string of the molecule is CC(C)[Si]1(C(C)C)OC[C@H]2O[C@@H]3[C@@H](CCc4nc5c(N)ncnc5n43)[C@@H]2O[Si](C(C)C)(C(C)C)O1. The van der Waals surface area contributed by atoms with Gasteiger partial charge in [-0.05, 0) is 28.6 Å². The lowest BCUT2D eigenvalue weighted by molar-refractivity contribution is -0.0568. The van der Waals surface area contributed by atoms with Gasteiger partial charge in [-0.1, -0.05) is 55.4 Å². The average Bonchev–Trinajstić information content (AvgIpc) is 3.31. The third-order valence-corrected chi connectivity index (χ3v) is 18.6. The second-order valence-electron chi connectivity index (χ2n) is 11.7. The summed E-state index contributed by atoms with van der Waals surface area (Å²) in [7, 11) is -5.29. The molecule has 2 aromatic heterocycles. The number of imidazole rings is 1. The Morgan fingerprint density at radius 2 is 1.63 bits per heavy atom. The number of hydrogen-bond acceptors (Lipinski definition) is 8. The first-order valence-corrected chi connectivity index (χ1v) is 17.1. The Kier molecular flexibility index (Phi) is 6.41. The number of hydrogen-bond donors (Lipinski definition) is 1. The van der Waals surface area contributed by atoms with Gasteiger partial charge in [0, 0.05) is 12.3 Å². The fourth-order valence-electron chi connectivity index (χ4n) is 6.50. The van der Waals surface area contributed by atoms with Crippen LogP contribution >= 0.6 is 0 Å². The molecule has 0 aliphatic carbocycles. The Labute approximate surface area is 210 Å². The third kappa shape index (κ3) is 3.73. The van der Waals surface area contributed by atoms with Crippen LogP contribution in [0.15, 0.2) is 6.33 Å². The summed E-state index contributed by atoms with van der Waals surface area (Å²) in [6.45, 7) is 18.5. The van der Waals surface area contributed by atoms with Crippen molar-refractivity contribution in [1.29, 1.82) is 0 Å². The number of nitrogens with two attached hydrogens (primary N) is 1. The smallest absolute Gasteiger partial charge is 0.335 e. The third-order valence-electron chi connectivity index (χ3n) is 8.33. The zero-order valence-electron chi connectivity index (χ0n) is 22.3. The second-order valence-corrected chi connectivity index (χ2v) is 20.5. The summed E-state index contributed by atoms with van der Waals surface area (Å²) in [6, 6.07) is 0. The van der Waals surface area contributed by atoms with Gasteiger partial charge in [0.05, 0.1) is 12.7 Å². The van der Waals surface area contributed by atoms with E-state index in [1.54, 1.807) is 0 Å². The molecule has 5 heterocycles. The van der Waals surface area contributed by atoms with Crippen LogP contribution in [0.1, 0.15) is 73.9 Å². The second kappa shape index (κ2) is 8.88. The van der Waals surface area contributed by atoms with Gasteiger partial charge in [0.1, 0.15) is 24.5 Å².